The van der Waals surface area contributed by atoms with Crippen LogP contribution in [0.4, 0.5) is 4.39 Å². The molecule has 0 spiro atoms. The van der Waals surface area contributed by atoms with Crippen molar-refractivity contribution in [1.82, 2.24) is 10.6 Å². The van der Waals surface area contributed by atoms with E-state index < -0.39 is 0 Å². The Morgan fingerprint density at radius 3 is 2.62 bits per heavy atom. The van der Waals surface area contributed by atoms with Gasteiger partial charge in [0.1, 0.15) is 5.82 Å². The normalized spacial score (nSPS) is 12.8. The zero-order chi connectivity index (χ0) is 17.4. The maximum atomic E-state index is 13.6. The van der Waals surface area contributed by atoms with Gasteiger partial charge in [0.25, 0.3) is 0 Å². The Labute approximate surface area is 142 Å². The monoisotopic (exact) mass is 329 g/mol. The highest BCUT2D eigenvalue weighted by atomic mass is 19.1. The van der Waals surface area contributed by atoms with Gasteiger partial charge in [0.15, 0.2) is 5.96 Å². The number of halogens is 1. The lowest BCUT2D eigenvalue weighted by Crippen LogP contribution is -2.38. The summed E-state index contributed by atoms with van der Waals surface area (Å²) in [4.78, 5) is 4.24. The third kappa shape index (κ3) is 5.06. The summed E-state index contributed by atoms with van der Waals surface area (Å²) in [5.41, 5.74) is 2.71. The molecule has 2 aromatic carbocycles. The van der Waals surface area contributed by atoms with Crippen molar-refractivity contribution < 1.29 is 9.13 Å². The molecule has 0 fully saturated rings. The fourth-order valence-electron chi connectivity index (χ4n) is 2.41. The van der Waals surface area contributed by atoms with Gasteiger partial charge in [0.2, 0.25) is 0 Å². The van der Waals surface area contributed by atoms with Crippen LogP contribution in [0.5, 0.6) is 0 Å². The van der Waals surface area contributed by atoms with Crippen molar-refractivity contribution in [2.45, 2.75) is 26.1 Å². The zero-order valence-corrected chi connectivity index (χ0v) is 14.3. The number of aliphatic imine (C=N–C) groups is 1. The number of rotatable bonds is 6. The molecule has 0 aliphatic carbocycles. The number of nitrogens with one attached hydrogen (secondary N) is 2. The smallest absolute Gasteiger partial charge is 0.191 e. The number of benzene rings is 2. The van der Waals surface area contributed by atoms with Gasteiger partial charge in [0, 0.05) is 26.3 Å². The molecule has 0 bridgehead atoms. The average molecular weight is 329 g/mol. The molecule has 2 rings (SSSR count). The van der Waals surface area contributed by atoms with Crippen molar-refractivity contribution >= 4 is 5.96 Å². The van der Waals surface area contributed by atoms with Crippen molar-refractivity contribution in [3.8, 4) is 0 Å². The third-order valence-corrected chi connectivity index (χ3v) is 3.75. The molecule has 0 aliphatic rings. The molecule has 0 aliphatic heterocycles. The lowest BCUT2D eigenvalue weighted by atomic mass is 10.1. The van der Waals surface area contributed by atoms with Crippen LogP contribution in [-0.4, -0.2) is 20.1 Å². The molecular weight excluding hydrogens is 305 g/mol. The van der Waals surface area contributed by atoms with Crippen LogP contribution in [0.25, 0.3) is 0 Å². The van der Waals surface area contributed by atoms with Crippen molar-refractivity contribution in [2.24, 2.45) is 4.99 Å². The molecule has 0 amide bonds. The summed E-state index contributed by atoms with van der Waals surface area (Å²) in [6.45, 7) is 2.90. The minimum atomic E-state index is -0.249. The van der Waals surface area contributed by atoms with Crippen LogP contribution in [0.1, 0.15) is 29.7 Å². The molecule has 4 nitrogen and oxygen atoms in total. The predicted octanol–water partition coefficient (Wildman–Crippen LogP) is 3.40. The lowest BCUT2D eigenvalue weighted by Gasteiger charge is -2.18. The number of nitrogens with zero attached hydrogens (tertiary/aromatic N) is 1. The van der Waals surface area contributed by atoms with Gasteiger partial charge < -0.3 is 15.4 Å². The first-order valence-electron chi connectivity index (χ1n) is 7.92. The van der Waals surface area contributed by atoms with Gasteiger partial charge in [-0.05, 0) is 30.2 Å². The first-order valence-corrected chi connectivity index (χ1v) is 7.92. The largest absolute Gasteiger partial charge is 0.380 e. The van der Waals surface area contributed by atoms with Crippen LogP contribution >= 0.6 is 0 Å². The second-order valence-electron chi connectivity index (χ2n) is 5.56. The van der Waals surface area contributed by atoms with Gasteiger partial charge in [-0.25, -0.2) is 4.39 Å². The molecule has 1 unspecified atom stereocenters. The van der Waals surface area contributed by atoms with Crippen LogP contribution in [0.2, 0.25) is 0 Å². The van der Waals surface area contributed by atoms with Crippen LogP contribution in [-0.2, 0) is 17.9 Å². The standard InChI is InChI=1S/C19H24FN3O/c1-14(16-7-5-4-6-8-16)23-19(21-2)22-12-15-9-10-18(20)17(11-15)13-24-3/h4-11,14H,12-13H2,1-3H3,(H2,21,22,23). The Bertz CT molecular complexity index is 674. The molecule has 0 heterocycles. The van der Waals surface area contributed by atoms with Crippen molar-refractivity contribution in [1.29, 1.82) is 0 Å². The molecule has 2 N–H and O–H groups in total. The van der Waals surface area contributed by atoms with E-state index >= 15 is 0 Å². The number of hydrogen-bond acceptors (Lipinski definition) is 2. The predicted molar refractivity (Wildman–Crippen MR) is 95.3 cm³/mol. The molecule has 24 heavy (non-hydrogen) atoms. The summed E-state index contributed by atoms with van der Waals surface area (Å²) in [5, 5.41) is 6.60. The highest BCUT2D eigenvalue weighted by molar-refractivity contribution is 5.80. The molecule has 0 radical (unpaired) electrons. The Morgan fingerprint density at radius 1 is 1.21 bits per heavy atom. The SMILES string of the molecule is CN=C(NCc1ccc(F)c(COC)c1)NC(C)c1ccccc1. The highest BCUT2D eigenvalue weighted by Crippen LogP contribution is 2.13. The summed E-state index contributed by atoms with van der Waals surface area (Å²) in [5.74, 6) is 0.449. The molecule has 1 atom stereocenters. The van der Waals surface area contributed by atoms with E-state index in [-0.39, 0.29) is 18.5 Å². The topological polar surface area (TPSA) is 45.7 Å². The van der Waals surface area contributed by atoms with E-state index in [9.17, 15) is 4.39 Å². The Morgan fingerprint density at radius 2 is 1.96 bits per heavy atom. The van der Waals surface area contributed by atoms with Crippen molar-refractivity contribution in [3.63, 3.8) is 0 Å². The lowest BCUT2D eigenvalue weighted by molar-refractivity contribution is 0.181. The van der Waals surface area contributed by atoms with E-state index in [1.54, 1.807) is 26.3 Å². The first-order chi connectivity index (χ1) is 11.6. The van der Waals surface area contributed by atoms with E-state index in [2.05, 4.69) is 34.7 Å². The van der Waals surface area contributed by atoms with Gasteiger partial charge in [0.05, 0.1) is 12.6 Å². The molecular formula is C19H24FN3O. The van der Waals surface area contributed by atoms with Crippen molar-refractivity contribution in [2.75, 3.05) is 14.2 Å². The minimum absolute atomic E-state index is 0.134. The van der Waals surface area contributed by atoms with Crippen LogP contribution < -0.4 is 10.6 Å². The van der Waals surface area contributed by atoms with E-state index in [4.69, 9.17) is 4.74 Å². The Kier molecular flexibility index (Phi) is 6.75. The molecule has 0 aromatic heterocycles. The molecule has 2 aromatic rings. The van der Waals surface area contributed by atoms with Crippen LogP contribution in [0, 0.1) is 5.82 Å². The van der Waals surface area contributed by atoms with Gasteiger partial charge >= 0.3 is 0 Å². The quantitative estimate of drug-likeness (QED) is 0.631. The van der Waals surface area contributed by atoms with E-state index in [1.807, 2.05) is 18.2 Å². The number of guanidine groups is 1. The molecule has 0 saturated carbocycles. The minimum Gasteiger partial charge on any atom is -0.380 e. The maximum Gasteiger partial charge on any atom is 0.191 e. The summed E-state index contributed by atoms with van der Waals surface area (Å²) >= 11 is 0. The number of hydrogen-bond donors (Lipinski definition) is 2. The second kappa shape index (κ2) is 9.03. The number of methoxy groups -OCH3 is 1. The fourth-order valence-corrected chi connectivity index (χ4v) is 2.41. The molecule has 128 valence electrons. The summed E-state index contributed by atoms with van der Waals surface area (Å²) in [7, 11) is 3.29. The van der Waals surface area contributed by atoms with Crippen LogP contribution in [0.15, 0.2) is 53.5 Å². The van der Waals surface area contributed by atoms with Crippen molar-refractivity contribution in [3.05, 3.63) is 71.0 Å². The maximum absolute atomic E-state index is 13.6. The van der Waals surface area contributed by atoms with Crippen LogP contribution in [0.3, 0.4) is 0 Å². The molecule has 0 saturated heterocycles. The first kappa shape index (κ1) is 17.9. The second-order valence-corrected chi connectivity index (χ2v) is 5.56. The van der Waals surface area contributed by atoms with E-state index in [1.165, 1.54) is 11.6 Å². The molecule has 5 heteroatoms. The Hall–Kier alpha value is -2.40. The van der Waals surface area contributed by atoms with Gasteiger partial charge in [-0.2, -0.15) is 0 Å². The average Bonchev–Trinajstić information content (AvgIpc) is 2.61. The summed E-state index contributed by atoms with van der Waals surface area (Å²) in [6, 6.07) is 15.3. The highest BCUT2D eigenvalue weighted by Gasteiger charge is 2.08. The summed E-state index contributed by atoms with van der Waals surface area (Å²) < 4.78 is 18.7. The summed E-state index contributed by atoms with van der Waals surface area (Å²) in [6.07, 6.45) is 0. The number of ether oxygens (including phenoxy) is 1. The third-order valence-electron chi connectivity index (χ3n) is 3.75. The van der Waals surface area contributed by atoms with Gasteiger partial charge in [-0.3, -0.25) is 4.99 Å². The Balaban J connectivity index is 1.95. The zero-order valence-electron chi connectivity index (χ0n) is 14.3. The van der Waals surface area contributed by atoms with Gasteiger partial charge in [-0.1, -0.05) is 36.4 Å². The fraction of sp³-hybridized carbons (Fsp3) is 0.316. The van der Waals surface area contributed by atoms with E-state index in [0.29, 0.717) is 18.1 Å². The van der Waals surface area contributed by atoms with E-state index in [0.717, 1.165) is 5.56 Å². The van der Waals surface area contributed by atoms with Gasteiger partial charge in [-0.15, -0.1) is 0 Å².